The van der Waals surface area contributed by atoms with Crippen molar-refractivity contribution in [2.24, 2.45) is 5.73 Å². The van der Waals surface area contributed by atoms with Gasteiger partial charge in [0.05, 0.1) is 6.04 Å². The van der Waals surface area contributed by atoms with E-state index >= 15 is 0 Å². The van der Waals surface area contributed by atoms with Crippen LogP contribution < -0.4 is 11.1 Å². The SMILES string of the molecule is C[C@@H](c1ccc(-c2ccccc2)cc1)[C@H](N)C(=O)NC(c1ccc(Cl)cc1)C(F)F. The number of hydrogen-bond acceptors (Lipinski definition) is 2. The van der Waals surface area contributed by atoms with Gasteiger partial charge in [-0.1, -0.05) is 85.3 Å². The molecule has 0 fully saturated rings. The number of carbonyl (C=O) groups excluding carboxylic acids is 1. The van der Waals surface area contributed by atoms with Gasteiger partial charge in [0.2, 0.25) is 5.91 Å². The van der Waals surface area contributed by atoms with Crippen molar-refractivity contribution in [3.8, 4) is 11.1 Å². The molecule has 156 valence electrons. The molecule has 0 bridgehead atoms. The Balaban J connectivity index is 1.70. The number of nitrogens with one attached hydrogen (secondary N) is 1. The fraction of sp³-hybridized carbons (Fsp3) is 0.208. The number of carbonyl (C=O) groups is 1. The standard InChI is InChI=1S/C24H23ClF2N2O/c1-15(16-7-9-18(10-8-16)17-5-3-2-4-6-17)21(28)24(30)29-22(23(26)27)19-11-13-20(25)14-12-19/h2-15,21-23H,28H2,1H3,(H,29,30)/t15-,21-,22?/m0/s1. The summed E-state index contributed by atoms with van der Waals surface area (Å²) in [5, 5.41) is 2.82. The first-order chi connectivity index (χ1) is 14.4. The summed E-state index contributed by atoms with van der Waals surface area (Å²) < 4.78 is 27.1. The lowest BCUT2D eigenvalue weighted by molar-refractivity contribution is -0.124. The van der Waals surface area contributed by atoms with E-state index in [-0.39, 0.29) is 11.5 Å². The Bertz CT molecular complexity index is 963. The van der Waals surface area contributed by atoms with Crippen LogP contribution in [-0.4, -0.2) is 18.4 Å². The molecule has 0 aliphatic rings. The molecule has 0 aromatic heterocycles. The second-order valence-electron chi connectivity index (χ2n) is 7.17. The summed E-state index contributed by atoms with van der Waals surface area (Å²) in [6.45, 7) is 1.81. The van der Waals surface area contributed by atoms with E-state index in [0.717, 1.165) is 16.7 Å². The molecule has 0 radical (unpaired) electrons. The van der Waals surface area contributed by atoms with Crippen LogP contribution in [0.3, 0.4) is 0 Å². The molecule has 3 aromatic carbocycles. The fourth-order valence-electron chi connectivity index (χ4n) is 3.26. The van der Waals surface area contributed by atoms with E-state index in [1.54, 1.807) is 6.92 Å². The minimum atomic E-state index is -2.78. The highest BCUT2D eigenvalue weighted by atomic mass is 35.5. The lowest BCUT2D eigenvalue weighted by Crippen LogP contribution is -2.46. The van der Waals surface area contributed by atoms with Gasteiger partial charge in [-0.15, -0.1) is 0 Å². The summed E-state index contributed by atoms with van der Waals surface area (Å²) >= 11 is 5.82. The van der Waals surface area contributed by atoms with E-state index in [4.69, 9.17) is 17.3 Å². The fourth-order valence-corrected chi connectivity index (χ4v) is 3.38. The Morgan fingerprint density at radius 2 is 1.40 bits per heavy atom. The van der Waals surface area contributed by atoms with E-state index < -0.39 is 24.4 Å². The third-order valence-electron chi connectivity index (χ3n) is 5.16. The lowest BCUT2D eigenvalue weighted by Gasteiger charge is -2.24. The van der Waals surface area contributed by atoms with E-state index in [0.29, 0.717) is 5.02 Å². The number of alkyl halides is 2. The molecule has 1 amide bonds. The molecule has 0 spiro atoms. The molecule has 3 aromatic rings. The van der Waals surface area contributed by atoms with Crippen LogP contribution in [0.4, 0.5) is 8.78 Å². The molecule has 30 heavy (non-hydrogen) atoms. The monoisotopic (exact) mass is 428 g/mol. The average molecular weight is 429 g/mol. The number of halogens is 3. The summed E-state index contributed by atoms with van der Waals surface area (Å²) in [6.07, 6.45) is -2.78. The smallest absolute Gasteiger partial charge is 0.262 e. The molecule has 0 saturated heterocycles. The third kappa shape index (κ3) is 5.23. The predicted molar refractivity (Wildman–Crippen MR) is 117 cm³/mol. The van der Waals surface area contributed by atoms with E-state index in [2.05, 4.69) is 5.32 Å². The van der Waals surface area contributed by atoms with Gasteiger partial charge in [-0.2, -0.15) is 0 Å². The highest BCUT2D eigenvalue weighted by Crippen LogP contribution is 2.26. The highest BCUT2D eigenvalue weighted by molar-refractivity contribution is 6.30. The second kappa shape index (κ2) is 9.83. The van der Waals surface area contributed by atoms with E-state index in [9.17, 15) is 13.6 Å². The Hall–Kier alpha value is -2.76. The van der Waals surface area contributed by atoms with Crippen LogP contribution in [0.2, 0.25) is 5.02 Å². The molecule has 1 unspecified atom stereocenters. The van der Waals surface area contributed by atoms with Gasteiger partial charge in [0, 0.05) is 10.9 Å². The van der Waals surface area contributed by atoms with Crippen LogP contribution in [0, 0.1) is 0 Å². The summed E-state index contributed by atoms with van der Waals surface area (Å²) in [7, 11) is 0. The minimum Gasteiger partial charge on any atom is -0.342 e. The topological polar surface area (TPSA) is 55.1 Å². The molecular weight excluding hydrogens is 406 g/mol. The van der Waals surface area contributed by atoms with Gasteiger partial charge in [0.25, 0.3) is 6.43 Å². The largest absolute Gasteiger partial charge is 0.342 e. The van der Waals surface area contributed by atoms with Crippen LogP contribution in [0.1, 0.15) is 30.0 Å². The van der Waals surface area contributed by atoms with Gasteiger partial charge in [-0.05, 0) is 34.4 Å². The van der Waals surface area contributed by atoms with Gasteiger partial charge in [0.1, 0.15) is 6.04 Å². The zero-order chi connectivity index (χ0) is 21.7. The zero-order valence-electron chi connectivity index (χ0n) is 16.4. The quantitative estimate of drug-likeness (QED) is 0.517. The number of benzene rings is 3. The Morgan fingerprint density at radius 1 is 0.867 bits per heavy atom. The number of rotatable bonds is 7. The van der Waals surface area contributed by atoms with Crippen LogP contribution in [-0.2, 0) is 4.79 Å². The Kier molecular flexibility index (Phi) is 7.19. The average Bonchev–Trinajstić information content (AvgIpc) is 2.77. The Labute approximate surface area is 179 Å². The number of nitrogens with two attached hydrogens (primary N) is 1. The van der Waals surface area contributed by atoms with Crippen molar-refractivity contribution in [3.63, 3.8) is 0 Å². The van der Waals surface area contributed by atoms with Crippen molar-refractivity contribution < 1.29 is 13.6 Å². The van der Waals surface area contributed by atoms with Crippen molar-refractivity contribution in [2.45, 2.75) is 31.4 Å². The molecule has 3 atom stereocenters. The first-order valence-electron chi connectivity index (χ1n) is 9.62. The van der Waals surface area contributed by atoms with Crippen LogP contribution in [0.25, 0.3) is 11.1 Å². The maximum Gasteiger partial charge on any atom is 0.262 e. The number of amides is 1. The van der Waals surface area contributed by atoms with Gasteiger partial charge >= 0.3 is 0 Å². The molecule has 3 N–H and O–H groups in total. The van der Waals surface area contributed by atoms with Crippen molar-refractivity contribution in [1.82, 2.24) is 5.32 Å². The molecular formula is C24H23ClF2N2O. The molecule has 0 aliphatic heterocycles. The van der Waals surface area contributed by atoms with Crippen molar-refractivity contribution in [3.05, 3.63) is 95.0 Å². The highest BCUT2D eigenvalue weighted by Gasteiger charge is 2.29. The zero-order valence-corrected chi connectivity index (χ0v) is 17.2. The maximum absolute atomic E-state index is 13.6. The minimum absolute atomic E-state index is 0.273. The van der Waals surface area contributed by atoms with Gasteiger partial charge in [-0.3, -0.25) is 4.79 Å². The summed E-state index contributed by atoms with van der Waals surface area (Å²) in [6, 6.07) is 21.2. The Morgan fingerprint density at radius 3 is 1.97 bits per heavy atom. The molecule has 3 nitrogen and oxygen atoms in total. The van der Waals surface area contributed by atoms with Crippen LogP contribution in [0.15, 0.2) is 78.9 Å². The first-order valence-corrected chi connectivity index (χ1v) is 9.99. The van der Waals surface area contributed by atoms with Crippen LogP contribution in [0.5, 0.6) is 0 Å². The van der Waals surface area contributed by atoms with E-state index in [1.165, 1.54) is 24.3 Å². The molecule has 6 heteroatoms. The molecule has 3 rings (SSSR count). The summed E-state index contributed by atoms with van der Waals surface area (Å²) in [5.41, 5.74) is 9.38. The summed E-state index contributed by atoms with van der Waals surface area (Å²) in [5.74, 6) is -0.978. The third-order valence-corrected chi connectivity index (χ3v) is 5.42. The van der Waals surface area contributed by atoms with Gasteiger partial charge in [-0.25, -0.2) is 8.78 Å². The number of hydrogen-bond donors (Lipinski definition) is 2. The van der Waals surface area contributed by atoms with Gasteiger partial charge < -0.3 is 11.1 Å². The molecule has 0 aliphatic carbocycles. The van der Waals surface area contributed by atoms with Crippen molar-refractivity contribution in [1.29, 1.82) is 0 Å². The van der Waals surface area contributed by atoms with Crippen molar-refractivity contribution in [2.75, 3.05) is 0 Å². The van der Waals surface area contributed by atoms with Gasteiger partial charge in [0.15, 0.2) is 0 Å². The normalized spacial score (nSPS) is 14.2. The van der Waals surface area contributed by atoms with Crippen molar-refractivity contribution >= 4 is 17.5 Å². The second-order valence-corrected chi connectivity index (χ2v) is 7.61. The molecule has 0 saturated carbocycles. The predicted octanol–water partition coefficient (Wildman–Crippen LogP) is 5.56. The maximum atomic E-state index is 13.6. The summed E-state index contributed by atoms with van der Waals surface area (Å²) in [4.78, 5) is 12.6. The van der Waals surface area contributed by atoms with E-state index in [1.807, 2.05) is 54.6 Å². The molecule has 0 heterocycles. The lowest BCUT2D eigenvalue weighted by atomic mass is 9.91. The first kappa shape index (κ1) is 21.9. The van der Waals surface area contributed by atoms with Crippen LogP contribution >= 0.6 is 11.6 Å².